The highest BCUT2D eigenvalue weighted by Gasteiger charge is 2.41. The summed E-state index contributed by atoms with van der Waals surface area (Å²) in [5.41, 5.74) is 25.7. The number of para-hydroxylation sites is 4. The monoisotopic (exact) mass is 1550 g/mol. The third-order valence-electron chi connectivity index (χ3n) is 26.3. The summed E-state index contributed by atoms with van der Waals surface area (Å²) >= 11 is 0. The van der Waals surface area contributed by atoms with Crippen LogP contribution >= 0.6 is 0 Å². The molecular formula is C97H110N20. The largest absolute Gasteiger partial charge is 0.359 e. The normalized spacial score (nSPS) is 20.7. The summed E-state index contributed by atoms with van der Waals surface area (Å²) in [6.07, 6.45) is 18.4. The quantitative estimate of drug-likeness (QED) is 0.144. The van der Waals surface area contributed by atoms with Gasteiger partial charge in [0.2, 0.25) is 0 Å². The van der Waals surface area contributed by atoms with Crippen LogP contribution in [0.1, 0.15) is 83.2 Å². The molecule has 0 saturated carbocycles. The van der Waals surface area contributed by atoms with Gasteiger partial charge in [-0.2, -0.15) is 0 Å². The van der Waals surface area contributed by atoms with Gasteiger partial charge in [-0.15, -0.1) is 0 Å². The van der Waals surface area contributed by atoms with Crippen molar-refractivity contribution < 1.29 is 0 Å². The van der Waals surface area contributed by atoms with Crippen molar-refractivity contribution in [3.05, 3.63) is 265 Å². The zero-order valence-corrected chi connectivity index (χ0v) is 71.6. The van der Waals surface area contributed by atoms with Crippen molar-refractivity contribution in [2.24, 2.45) is 0 Å². The number of nitrogens with zero attached hydrogens (tertiary/aromatic N) is 20. The Morgan fingerprint density at radius 2 is 0.556 bits per heavy atom. The molecule has 12 aromatic rings. The SMILES string of the molecule is Cc1c(N2C=CN(C)[C@H]2C)cccc1N1c2cc3ccccc3cc2N(C)[C@@H]1C.Cc1c(N2C=CN(C)[C@H]2C)cccc1N1c2cc3ccccc3nc2N(C)[C@@H]1C.Cc1c(N2C=CN(C)[C@H]2C)cccc1N1c2nc3ccccc3cc2N(C)[C@@H]1C.Cc1cc(N2c3ccccc3N(C)[C@H]2C)c(C)c(N2c3nccnc3N(C)[C@@H]2C)c1. The predicted octanol–water partition coefficient (Wildman–Crippen LogP) is 20.7. The van der Waals surface area contributed by atoms with E-state index in [1.165, 1.54) is 129 Å². The fourth-order valence-corrected chi connectivity index (χ4v) is 18.4. The van der Waals surface area contributed by atoms with Crippen molar-refractivity contribution in [2.45, 2.75) is 139 Å². The van der Waals surface area contributed by atoms with Crippen LogP contribution in [-0.4, -0.2) is 140 Å². The Morgan fingerprint density at radius 3 is 1.06 bits per heavy atom. The lowest BCUT2D eigenvalue weighted by molar-refractivity contribution is 0.383. The smallest absolute Gasteiger partial charge is 0.178 e. The van der Waals surface area contributed by atoms with Crippen molar-refractivity contribution in [2.75, 3.05) is 120 Å². The Hall–Kier alpha value is -12.8. The molecule has 20 heteroatoms. The Morgan fingerprint density at radius 1 is 0.231 bits per heavy atom. The molecule has 8 atom stereocenters. The van der Waals surface area contributed by atoms with Gasteiger partial charge < -0.3 is 78.4 Å². The first kappa shape index (κ1) is 76.8. The number of rotatable bonds is 8. The second kappa shape index (κ2) is 30.1. The third kappa shape index (κ3) is 12.8. The molecule has 11 heterocycles. The maximum Gasteiger partial charge on any atom is 0.178 e. The molecule has 598 valence electrons. The second-order valence-corrected chi connectivity index (χ2v) is 32.7. The van der Waals surface area contributed by atoms with E-state index in [2.05, 4.69) is 454 Å². The summed E-state index contributed by atoms with van der Waals surface area (Å²) < 4.78 is 0. The van der Waals surface area contributed by atoms with E-state index >= 15 is 0 Å². The van der Waals surface area contributed by atoms with Crippen molar-refractivity contribution in [1.82, 2.24) is 34.6 Å². The molecule has 0 aliphatic carbocycles. The van der Waals surface area contributed by atoms with Gasteiger partial charge in [0.25, 0.3) is 0 Å². The summed E-state index contributed by atoms with van der Waals surface area (Å²) in [5, 5.41) is 4.92. The molecule has 0 fully saturated rings. The summed E-state index contributed by atoms with van der Waals surface area (Å²) in [4.78, 5) is 56.5. The number of aromatic nitrogens is 4. The molecule has 0 N–H and O–H groups in total. The molecular weight excluding hydrogens is 1450 g/mol. The molecule has 8 aliphatic heterocycles. The second-order valence-electron chi connectivity index (χ2n) is 32.7. The van der Waals surface area contributed by atoms with Crippen molar-refractivity contribution >= 4 is 135 Å². The van der Waals surface area contributed by atoms with E-state index in [-0.39, 0.29) is 30.8 Å². The van der Waals surface area contributed by atoms with Gasteiger partial charge in [-0.1, -0.05) is 91.0 Å². The Kier molecular flexibility index (Phi) is 19.7. The molecule has 9 aromatic carbocycles. The summed E-state index contributed by atoms with van der Waals surface area (Å²) in [6.45, 7) is 29.0. The van der Waals surface area contributed by atoms with E-state index in [0.29, 0.717) is 18.5 Å². The highest BCUT2D eigenvalue weighted by Crippen LogP contribution is 2.53. The number of hydrogen-bond acceptors (Lipinski definition) is 20. The van der Waals surface area contributed by atoms with E-state index in [9.17, 15) is 0 Å². The fraction of sp³-hybridized carbons (Fsp3) is 0.299. The number of anilines is 18. The zero-order chi connectivity index (χ0) is 82.0. The highest BCUT2D eigenvalue weighted by atomic mass is 15.5. The molecule has 0 spiro atoms. The molecule has 0 saturated heterocycles. The Labute approximate surface area is 691 Å². The molecule has 117 heavy (non-hydrogen) atoms. The minimum Gasteiger partial charge on any atom is -0.359 e. The standard InChI is InChI=1S/C25H28N4.C24H28N6.2C24H27N5/c1-17-22(28-14-13-26(4)18(28)2)11-8-12-23(17)29-19(3)27(5)24-15-20-9-6-7-10-21(20)16-25(24)29;1-15-13-21(29-17(3)27(5)19-9-7-8-10-20(19)29)16(2)22(14-15)30-18(4)28(6)23-24(30)26-12-11-25-23;1-16-21(28-14-13-26(4)17(28)2)11-8-12-22(16)29-18(3)27(5)24-23(29)15-19-9-6-7-10-20(19)25-24;1-16-21(28-14-13-26(4)17(28)2)11-8-12-22(16)29-18(3)27(5)23-15-19-9-6-7-10-20(19)25-24(23)29/h6-16,18-19H,1-5H3;7-14,17-18H,1-6H3;2*6-15,17-18H,1-5H3/t18-,19+;3*17-,18+/m1111/s1. The molecule has 20 nitrogen and oxygen atoms in total. The van der Waals surface area contributed by atoms with Crippen LogP contribution in [0.25, 0.3) is 32.6 Å². The minimum absolute atomic E-state index is 0.140. The van der Waals surface area contributed by atoms with Gasteiger partial charge in [-0.25, -0.2) is 19.9 Å². The zero-order valence-electron chi connectivity index (χ0n) is 71.6. The molecule has 0 bridgehead atoms. The predicted molar refractivity (Wildman–Crippen MR) is 492 cm³/mol. The number of hydrogen-bond donors (Lipinski definition) is 0. The van der Waals surface area contributed by atoms with E-state index < -0.39 is 0 Å². The van der Waals surface area contributed by atoms with Crippen molar-refractivity contribution in [3.63, 3.8) is 0 Å². The minimum atomic E-state index is 0.140. The molecule has 20 rings (SSSR count). The molecule has 0 unspecified atom stereocenters. The van der Waals surface area contributed by atoms with Crippen LogP contribution in [0.4, 0.5) is 103 Å². The number of fused-ring (bicyclic) bond motifs is 8. The average Bonchev–Trinajstić information content (AvgIpc) is 1.61. The highest BCUT2D eigenvalue weighted by molar-refractivity contribution is 5.99. The summed E-state index contributed by atoms with van der Waals surface area (Å²) in [5.74, 6) is 3.91. The van der Waals surface area contributed by atoms with E-state index in [0.717, 1.165) is 34.3 Å². The van der Waals surface area contributed by atoms with E-state index in [4.69, 9.17) is 9.97 Å². The number of pyridine rings is 2. The average molecular weight is 1560 g/mol. The molecule has 0 radical (unpaired) electrons. The van der Waals surface area contributed by atoms with Crippen LogP contribution in [0, 0.1) is 34.6 Å². The molecule has 0 amide bonds. The van der Waals surface area contributed by atoms with Crippen molar-refractivity contribution in [3.8, 4) is 0 Å². The van der Waals surface area contributed by atoms with Crippen LogP contribution in [0.15, 0.2) is 238 Å². The van der Waals surface area contributed by atoms with Gasteiger partial charge >= 0.3 is 0 Å². The van der Waals surface area contributed by atoms with Crippen LogP contribution in [-0.2, 0) is 0 Å². The lowest BCUT2D eigenvalue weighted by Crippen LogP contribution is -2.37. The molecule has 8 aliphatic rings. The summed E-state index contributed by atoms with van der Waals surface area (Å²) in [7, 11) is 17.1. The van der Waals surface area contributed by atoms with Gasteiger partial charge in [-0.05, 0) is 226 Å². The van der Waals surface area contributed by atoms with Crippen molar-refractivity contribution in [1.29, 1.82) is 0 Å². The van der Waals surface area contributed by atoms with E-state index in [1.807, 2.05) is 6.07 Å². The first-order valence-corrected chi connectivity index (χ1v) is 41.1. The first-order valence-electron chi connectivity index (χ1n) is 41.1. The lowest BCUT2D eigenvalue weighted by atomic mass is 10.0. The number of benzene rings is 9. The first-order chi connectivity index (χ1) is 56.3. The third-order valence-corrected chi connectivity index (χ3v) is 26.3. The summed E-state index contributed by atoms with van der Waals surface area (Å²) in [6, 6.07) is 67.5. The topological polar surface area (TPSA) is 103 Å². The van der Waals surface area contributed by atoms with E-state index in [1.54, 1.807) is 12.4 Å². The van der Waals surface area contributed by atoms with Gasteiger partial charge in [0, 0.05) is 162 Å². The lowest BCUT2D eigenvalue weighted by Gasteiger charge is -2.33. The van der Waals surface area contributed by atoms with Gasteiger partial charge in [-0.3, -0.25) is 0 Å². The maximum atomic E-state index is 5.06. The van der Waals surface area contributed by atoms with Crippen LogP contribution in [0.3, 0.4) is 0 Å². The van der Waals surface area contributed by atoms with Crippen LogP contribution < -0.4 is 63.7 Å². The maximum absolute atomic E-state index is 5.06. The van der Waals surface area contributed by atoms with Gasteiger partial charge in [0.1, 0.15) is 49.3 Å². The van der Waals surface area contributed by atoms with Crippen LogP contribution in [0.2, 0.25) is 0 Å². The fourth-order valence-electron chi connectivity index (χ4n) is 18.4. The van der Waals surface area contributed by atoms with Gasteiger partial charge in [0.15, 0.2) is 23.3 Å². The van der Waals surface area contributed by atoms with Crippen LogP contribution in [0.5, 0.6) is 0 Å². The molecule has 3 aromatic heterocycles. The Balaban J connectivity index is 0.000000112. The van der Waals surface area contributed by atoms with Gasteiger partial charge in [0.05, 0.1) is 45.2 Å². The number of aryl methyl sites for hydroxylation is 1. The Bertz CT molecular complexity index is 5410.